The van der Waals surface area contributed by atoms with Crippen LogP contribution in [0.3, 0.4) is 0 Å². The predicted molar refractivity (Wildman–Crippen MR) is 94.3 cm³/mol. The van der Waals surface area contributed by atoms with E-state index in [1.165, 1.54) is 0 Å². The molecule has 2 aromatic rings. The highest BCUT2D eigenvalue weighted by atomic mass is 127. The van der Waals surface area contributed by atoms with E-state index >= 15 is 0 Å². The van der Waals surface area contributed by atoms with Gasteiger partial charge in [-0.25, -0.2) is 0 Å². The van der Waals surface area contributed by atoms with Crippen LogP contribution in [0, 0.1) is 3.57 Å². The van der Waals surface area contributed by atoms with Gasteiger partial charge in [0.2, 0.25) is 0 Å². The van der Waals surface area contributed by atoms with Crippen LogP contribution in [0.1, 0.15) is 5.56 Å². The van der Waals surface area contributed by atoms with Gasteiger partial charge in [-0.3, -0.25) is 0 Å². The summed E-state index contributed by atoms with van der Waals surface area (Å²) < 4.78 is 11.9. The molecule has 1 N–H and O–H groups in total. The largest absolute Gasteiger partial charge is 0.457 e. The average Bonchev–Trinajstić information content (AvgIpc) is 2.45. The van der Waals surface area contributed by atoms with E-state index in [0.29, 0.717) is 18.2 Å². The molecule has 0 radical (unpaired) electrons. The molecule has 112 valence electrons. The zero-order valence-electron chi connectivity index (χ0n) is 11.7. The molecule has 0 bridgehead atoms. The van der Waals surface area contributed by atoms with E-state index < -0.39 is 0 Å². The van der Waals surface area contributed by atoms with E-state index in [4.69, 9.17) is 21.1 Å². The summed E-state index contributed by atoms with van der Waals surface area (Å²) >= 11 is 8.54. The number of nitrogens with one attached hydrogen (secondary N) is 1. The number of benzene rings is 2. The number of hydrogen-bond acceptors (Lipinski definition) is 3. The minimum absolute atomic E-state index is 0.686. The zero-order valence-corrected chi connectivity index (χ0v) is 14.6. The van der Waals surface area contributed by atoms with E-state index in [1.54, 1.807) is 7.11 Å². The molecule has 21 heavy (non-hydrogen) atoms. The molecule has 0 atom stereocenters. The van der Waals surface area contributed by atoms with Crippen molar-refractivity contribution in [3.63, 3.8) is 0 Å². The molecule has 0 aromatic heterocycles. The highest BCUT2D eigenvalue weighted by molar-refractivity contribution is 14.1. The average molecular weight is 418 g/mol. The van der Waals surface area contributed by atoms with Crippen LogP contribution in [0.4, 0.5) is 0 Å². The van der Waals surface area contributed by atoms with Crippen LogP contribution in [0.5, 0.6) is 11.5 Å². The molecule has 0 saturated heterocycles. The maximum atomic E-state index is 6.29. The topological polar surface area (TPSA) is 30.5 Å². The van der Waals surface area contributed by atoms with E-state index in [-0.39, 0.29) is 0 Å². The maximum absolute atomic E-state index is 6.29. The Hall–Kier alpha value is -0.820. The van der Waals surface area contributed by atoms with Gasteiger partial charge in [-0.1, -0.05) is 23.7 Å². The zero-order chi connectivity index (χ0) is 15.1. The predicted octanol–water partition coefficient (Wildman–Crippen LogP) is 4.47. The summed E-state index contributed by atoms with van der Waals surface area (Å²) in [5, 5.41) is 3.97. The molecule has 2 rings (SSSR count). The van der Waals surface area contributed by atoms with Crippen molar-refractivity contribution in [3.05, 3.63) is 56.6 Å². The van der Waals surface area contributed by atoms with Crippen molar-refractivity contribution >= 4 is 34.2 Å². The summed E-state index contributed by atoms with van der Waals surface area (Å²) in [6.45, 7) is 2.20. The van der Waals surface area contributed by atoms with Gasteiger partial charge in [-0.05, 0) is 58.5 Å². The maximum Gasteiger partial charge on any atom is 0.128 e. The first-order valence-corrected chi connectivity index (χ1v) is 8.06. The molecule has 0 heterocycles. The van der Waals surface area contributed by atoms with Gasteiger partial charge in [0.1, 0.15) is 11.5 Å². The van der Waals surface area contributed by atoms with Crippen molar-refractivity contribution in [3.8, 4) is 11.5 Å². The first kappa shape index (κ1) is 16.5. The second-order valence-corrected chi connectivity index (χ2v) is 6.14. The molecule has 5 heteroatoms. The third kappa shape index (κ3) is 5.47. The second-order valence-electron chi connectivity index (χ2n) is 4.48. The monoisotopic (exact) mass is 417 g/mol. The van der Waals surface area contributed by atoms with E-state index in [0.717, 1.165) is 27.2 Å². The summed E-state index contributed by atoms with van der Waals surface area (Å²) in [4.78, 5) is 0. The molecule has 0 unspecified atom stereocenters. The van der Waals surface area contributed by atoms with Crippen molar-refractivity contribution in [2.75, 3.05) is 20.3 Å². The highest BCUT2D eigenvalue weighted by Crippen LogP contribution is 2.27. The van der Waals surface area contributed by atoms with Crippen LogP contribution in [-0.4, -0.2) is 20.3 Å². The van der Waals surface area contributed by atoms with Gasteiger partial charge in [-0.15, -0.1) is 0 Å². The summed E-state index contributed by atoms with van der Waals surface area (Å²) in [6, 6.07) is 13.6. The summed E-state index contributed by atoms with van der Waals surface area (Å²) in [7, 11) is 1.69. The first-order valence-electron chi connectivity index (χ1n) is 6.60. The van der Waals surface area contributed by atoms with Crippen LogP contribution in [0.2, 0.25) is 5.02 Å². The lowest BCUT2D eigenvalue weighted by atomic mass is 10.2. The molecular formula is C16H17ClINO2. The van der Waals surface area contributed by atoms with Gasteiger partial charge < -0.3 is 14.8 Å². The molecule has 2 aromatic carbocycles. The smallest absolute Gasteiger partial charge is 0.128 e. The number of ether oxygens (including phenoxy) is 2. The third-order valence-corrected chi connectivity index (χ3v) is 3.88. The van der Waals surface area contributed by atoms with Gasteiger partial charge in [0.05, 0.1) is 6.61 Å². The summed E-state index contributed by atoms with van der Waals surface area (Å²) in [5.41, 5.74) is 1.04. The third-order valence-electron chi connectivity index (χ3n) is 2.85. The number of rotatable bonds is 7. The van der Waals surface area contributed by atoms with Crippen molar-refractivity contribution < 1.29 is 9.47 Å². The van der Waals surface area contributed by atoms with Crippen molar-refractivity contribution in [2.24, 2.45) is 0 Å². The fourth-order valence-electron chi connectivity index (χ4n) is 1.80. The van der Waals surface area contributed by atoms with Gasteiger partial charge in [-0.2, -0.15) is 0 Å². The Balaban J connectivity index is 1.98. The lowest BCUT2D eigenvalue weighted by Crippen LogP contribution is -2.18. The van der Waals surface area contributed by atoms with Crippen LogP contribution in [0.25, 0.3) is 0 Å². The molecule has 0 fully saturated rings. The van der Waals surface area contributed by atoms with E-state index in [9.17, 15) is 0 Å². The number of hydrogen-bond donors (Lipinski definition) is 1. The molecule has 0 saturated carbocycles. The van der Waals surface area contributed by atoms with E-state index in [2.05, 4.69) is 27.9 Å². The van der Waals surface area contributed by atoms with Crippen LogP contribution in [-0.2, 0) is 11.3 Å². The van der Waals surface area contributed by atoms with Gasteiger partial charge >= 0.3 is 0 Å². The van der Waals surface area contributed by atoms with Gasteiger partial charge in [0.25, 0.3) is 0 Å². The SMILES string of the molecule is COCCNCc1ccc(Oc2cccc(I)c2)cc1Cl. The Morgan fingerprint density at radius 3 is 2.67 bits per heavy atom. The number of methoxy groups -OCH3 is 1. The standard InChI is InChI=1S/C16H17ClINO2/c1-20-8-7-19-11-12-5-6-15(10-16(12)17)21-14-4-2-3-13(18)9-14/h2-6,9-10,19H,7-8,11H2,1H3. The van der Waals surface area contributed by atoms with Gasteiger partial charge in [0, 0.05) is 28.8 Å². The van der Waals surface area contributed by atoms with Gasteiger partial charge in [0.15, 0.2) is 0 Å². The molecule has 0 aliphatic rings. The quantitative estimate of drug-likeness (QED) is 0.532. The Morgan fingerprint density at radius 2 is 1.95 bits per heavy atom. The fraction of sp³-hybridized carbons (Fsp3) is 0.250. The van der Waals surface area contributed by atoms with Crippen molar-refractivity contribution in [1.29, 1.82) is 0 Å². The van der Waals surface area contributed by atoms with Crippen LogP contribution in [0.15, 0.2) is 42.5 Å². The summed E-state index contributed by atoms with van der Waals surface area (Å²) in [5.74, 6) is 1.55. The van der Waals surface area contributed by atoms with Crippen molar-refractivity contribution in [1.82, 2.24) is 5.32 Å². The Morgan fingerprint density at radius 1 is 1.14 bits per heavy atom. The fourth-order valence-corrected chi connectivity index (χ4v) is 2.55. The lowest BCUT2D eigenvalue weighted by molar-refractivity contribution is 0.199. The minimum atomic E-state index is 0.686. The molecule has 3 nitrogen and oxygen atoms in total. The Bertz CT molecular complexity index is 592. The molecule has 0 aliphatic heterocycles. The van der Waals surface area contributed by atoms with Crippen LogP contribution >= 0.6 is 34.2 Å². The molecular weight excluding hydrogens is 401 g/mol. The molecule has 0 spiro atoms. The highest BCUT2D eigenvalue weighted by Gasteiger charge is 2.04. The first-order chi connectivity index (χ1) is 10.2. The van der Waals surface area contributed by atoms with E-state index in [1.807, 2.05) is 42.5 Å². The van der Waals surface area contributed by atoms with Crippen LogP contribution < -0.4 is 10.1 Å². The number of halogens is 2. The Kier molecular flexibility index (Phi) is 6.76. The molecule has 0 amide bonds. The van der Waals surface area contributed by atoms with Crippen molar-refractivity contribution in [2.45, 2.75) is 6.54 Å². The Labute approximate surface area is 143 Å². The minimum Gasteiger partial charge on any atom is -0.457 e. The normalized spacial score (nSPS) is 10.6. The molecule has 0 aliphatic carbocycles. The lowest BCUT2D eigenvalue weighted by Gasteiger charge is -2.10. The second kappa shape index (κ2) is 8.58. The summed E-state index contributed by atoms with van der Waals surface area (Å²) in [6.07, 6.45) is 0.